The number of alkyl halides is 1. The van der Waals surface area contributed by atoms with E-state index in [-0.39, 0.29) is 36.0 Å². The van der Waals surface area contributed by atoms with Gasteiger partial charge in [-0.1, -0.05) is 24.6 Å². The number of aryl methyl sites for hydroxylation is 1. The molecule has 3 aromatic rings. The molecule has 8 nitrogen and oxygen atoms in total. The number of aromatic carboxylic acids is 1. The van der Waals surface area contributed by atoms with Gasteiger partial charge in [0.2, 0.25) is 5.67 Å². The molecular weight excluding hydrogens is 566 g/mol. The molecule has 4 aliphatic rings. The number of aromatic nitrogens is 2. The largest absolute Gasteiger partial charge is 0.490 e. The number of nitrogens with zero attached hydrogens (tertiary/aromatic N) is 2. The average Bonchev–Trinajstić information content (AvgIpc) is 3.66. The number of nitrogens with one attached hydrogen (secondary N) is 2. The van der Waals surface area contributed by atoms with Gasteiger partial charge in [0.05, 0.1) is 5.54 Å². The van der Waals surface area contributed by atoms with E-state index in [9.17, 15) is 14.7 Å². The number of carbonyl (C=O) groups excluding carboxylic acids is 1. The number of ether oxygens (including phenoxy) is 1. The molecule has 1 spiro atoms. The molecule has 2 aromatic carbocycles. The van der Waals surface area contributed by atoms with E-state index in [1.807, 2.05) is 18.2 Å². The summed E-state index contributed by atoms with van der Waals surface area (Å²) < 4.78 is 39.4. The van der Waals surface area contributed by atoms with Crippen molar-refractivity contribution in [2.24, 2.45) is 7.05 Å². The third-order valence-electron chi connectivity index (χ3n) is 10.5. The van der Waals surface area contributed by atoms with Crippen LogP contribution in [-0.2, 0) is 11.8 Å². The monoisotopic (exact) mass is 604 g/mol. The van der Waals surface area contributed by atoms with Crippen LogP contribution in [0.25, 0.3) is 22.3 Å². The molecule has 1 aromatic heterocycles. The maximum atomic E-state index is 16.0. The van der Waals surface area contributed by atoms with E-state index in [0.717, 1.165) is 31.2 Å². The Balaban J connectivity index is 1.17. The summed E-state index contributed by atoms with van der Waals surface area (Å²) >= 11 is 0. The van der Waals surface area contributed by atoms with Crippen molar-refractivity contribution in [1.29, 1.82) is 0 Å². The van der Waals surface area contributed by atoms with Gasteiger partial charge in [-0.3, -0.25) is 9.48 Å². The second kappa shape index (κ2) is 11.0. The van der Waals surface area contributed by atoms with E-state index in [0.29, 0.717) is 66.7 Å². The highest BCUT2D eigenvalue weighted by molar-refractivity contribution is 5.94. The highest BCUT2D eigenvalue weighted by atomic mass is 19.1. The van der Waals surface area contributed by atoms with Gasteiger partial charge >= 0.3 is 5.97 Å². The number of rotatable bonds is 8. The van der Waals surface area contributed by atoms with Gasteiger partial charge in [0.15, 0.2) is 5.69 Å². The molecule has 1 saturated heterocycles. The lowest BCUT2D eigenvalue weighted by molar-refractivity contribution is -0.140. The summed E-state index contributed by atoms with van der Waals surface area (Å²) in [4.78, 5) is 25.2. The molecule has 10 heteroatoms. The molecule has 3 saturated carbocycles. The van der Waals surface area contributed by atoms with E-state index >= 15 is 8.78 Å². The molecule has 1 amide bonds. The summed E-state index contributed by atoms with van der Waals surface area (Å²) in [5, 5.41) is 20.1. The zero-order chi connectivity index (χ0) is 30.6. The van der Waals surface area contributed by atoms with Crippen LogP contribution in [0.1, 0.15) is 86.2 Å². The van der Waals surface area contributed by atoms with Crippen LogP contribution >= 0.6 is 0 Å². The van der Waals surface area contributed by atoms with Gasteiger partial charge in [-0.05, 0) is 92.3 Å². The lowest BCUT2D eigenvalue weighted by atomic mass is 9.67. The van der Waals surface area contributed by atoms with Crippen LogP contribution in [0, 0.1) is 5.82 Å². The van der Waals surface area contributed by atoms with E-state index in [1.54, 1.807) is 25.4 Å². The summed E-state index contributed by atoms with van der Waals surface area (Å²) in [7, 11) is 1.67. The van der Waals surface area contributed by atoms with Crippen molar-refractivity contribution in [2.75, 3.05) is 6.54 Å². The Morgan fingerprint density at radius 2 is 1.89 bits per heavy atom. The lowest BCUT2D eigenvalue weighted by Gasteiger charge is -2.46. The van der Waals surface area contributed by atoms with Crippen LogP contribution in [0.5, 0.6) is 5.75 Å². The Morgan fingerprint density at radius 1 is 1.07 bits per heavy atom. The third-order valence-corrected chi connectivity index (χ3v) is 10.5. The number of benzene rings is 2. The quantitative estimate of drug-likeness (QED) is 0.296. The highest BCUT2D eigenvalue weighted by Crippen LogP contribution is 2.49. The first-order valence-electron chi connectivity index (χ1n) is 15.8. The predicted molar refractivity (Wildman–Crippen MR) is 161 cm³/mol. The molecule has 4 fully saturated rings. The molecule has 3 N–H and O–H groups in total. The molecular formula is C34H38F2N4O4. The molecule has 0 unspecified atom stereocenters. The predicted octanol–water partition coefficient (Wildman–Crippen LogP) is 5.90. The molecule has 1 aliphatic heterocycles. The number of hydrogen-bond donors (Lipinski definition) is 3. The zero-order valence-electron chi connectivity index (χ0n) is 24.9. The second-order valence-electron chi connectivity index (χ2n) is 13.0. The molecule has 7 rings (SSSR count). The van der Waals surface area contributed by atoms with Crippen LogP contribution in [-0.4, -0.2) is 56.7 Å². The van der Waals surface area contributed by atoms with Crippen molar-refractivity contribution in [3.8, 4) is 28.0 Å². The number of hydrogen-bond acceptors (Lipinski definition) is 5. The number of halogens is 2. The maximum absolute atomic E-state index is 16.0. The summed E-state index contributed by atoms with van der Waals surface area (Å²) in [5.41, 5.74) is 0.503. The number of carbonyl (C=O) groups is 2. The summed E-state index contributed by atoms with van der Waals surface area (Å²) in [6.45, 7) is 0.509. The Kier molecular flexibility index (Phi) is 7.22. The molecule has 232 valence electrons. The van der Waals surface area contributed by atoms with Crippen LogP contribution in [0.3, 0.4) is 0 Å². The SMILES string of the molecule is Cn1cc(-c2ccc(O[C@@H]3CC[C@@H](NC(=O)[C@]4(F)CCNC45CCC5)C3)c(-c3cccc(F)c3C3CCC3)c2)c(C(=O)O)n1. The van der Waals surface area contributed by atoms with Crippen LogP contribution in [0.15, 0.2) is 42.6 Å². The van der Waals surface area contributed by atoms with Crippen molar-refractivity contribution >= 4 is 11.9 Å². The van der Waals surface area contributed by atoms with Gasteiger partial charge in [-0.15, -0.1) is 0 Å². The summed E-state index contributed by atoms with van der Waals surface area (Å²) in [6.07, 6.45) is 8.68. The Labute approximate surface area is 255 Å². The van der Waals surface area contributed by atoms with Crippen molar-refractivity contribution < 1.29 is 28.2 Å². The molecule has 0 bridgehead atoms. The first-order chi connectivity index (χ1) is 21.2. The van der Waals surface area contributed by atoms with Crippen molar-refractivity contribution in [3.63, 3.8) is 0 Å². The lowest BCUT2D eigenvalue weighted by Crippen LogP contribution is -2.65. The fourth-order valence-electron chi connectivity index (χ4n) is 7.70. The van der Waals surface area contributed by atoms with Crippen LogP contribution in [0.4, 0.5) is 8.78 Å². The normalized spacial score (nSPS) is 25.9. The standard InChI is InChI=1S/C34H38F2N4O4/c1-40-19-26(30(39-40)31(41)42)21-9-12-28(25(17-21)24-7-3-8-27(35)29(24)20-5-2-6-20)44-23-11-10-22(18-23)38-32(43)34(36)15-16-37-33(34)13-4-14-33/h3,7-9,12,17,19-20,22-23,37H,2,4-6,10-11,13-16,18H2,1H3,(H,38,43)(H,41,42)/t22-,23-,34-/m1/s1. The molecule has 44 heavy (non-hydrogen) atoms. The Hall–Kier alpha value is -3.79. The summed E-state index contributed by atoms with van der Waals surface area (Å²) in [6, 6.07) is 10.4. The minimum atomic E-state index is -1.89. The highest BCUT2D eigenvalue weighted by Gasteiger charge is 2.63. The minimum absolute atomic E-state index is 0.0632. The first-order valence-corrected chi connectivity index (χ1v) is 15.8. The van der Waals surface area contributed by atoms with E-state index in [1.165, 1.54) is 10.7 Å². The maximum Gasteiger partial charge on any atom is 0.357 e. The fourth-order valence-corrected chi connectivity index (χ4v) is 7.70. The third kappa shape index (κ3) is 4.78. The van der Waals surface area contributed by atoms with Crippen molar-refractivity contribution in [3.05, 3.63) is 59.7 Å². The molecule has 3 aliphatic carbocycles. The second-order valence-corrected chi connectivity index (χ2v) is 13.0. The van der Waals surface area contributed by atoms with Gasteiger partial charge in [0.1, 0.15) is 17.7 Å². The van der Waals surface area contributed by atoms with Gasteiger partial charge in [-0.2, -0.15) is 5.10 Å². The smallest absolute Gasteiger partial charge is 0.357 e. The minimum Gasteiger partial charge on any atom is -0.490 e. The fraction of sp³-hybridized carbons (Fsp3) is 0.500. The topological polar surface area (TPSA) is 105 Å². The van der Waals surface area contributed by atoms with Gasteiger partial charge in [0, 0.05) is 43.3 Å². The van der Waals surface area contributed by atoms with E-state index in [4.69, 9.17) is 4.74 Å². The number of amides is 1. The number of carboxylic acids is 1. The molecule has 0 radical (unpaired) electrons. The van der Waals surface area contributed by atoms with Gasteiger partial charge in [-0.25, -0.2) is 13.6 Å². The van der Waals surface area contributed by atoms with Crippen molar-refractivity contribution in [1.82, 2.24) is 20.4 Å². The van der Waals surface area contributed by atoms with E-state index < -0.39 is 23.1 Å². The Morgan fingerprint density at radius 3 is 2.59 bits per heavy atom. The van der Waals surface area contributed by atoms with Gasteiger partial charge < -0.3 is 20.5 Å². The average molecular weight is 605 g/mol. The van der Waals surface area contributed by atoms with Crippen molar-refractivity contribution in [2.45, 2.75) is 93.5 Å². The summed E-state index contributed by atoms with van der Waals surface area (Å²) in [5.74, 6) is -1.24. The number of carboxylic acid groups (broad SMARTS) is 1. The molecule has 2 heterocycles. The Bertz CT molecular complexity index is 1610. The first kappa shape index (κ1) is 29.0. The van der Waals surface area contributed by atoms with Gasteiger partial charge in [0.25, 0.3) is 5.91 Å². The molecule has 3 atom stereocenters. The van der Waals surface area contributed by atoms with Crippen LogP contribution in [0.2, 0.25) is 0 Å². The van der Waals surface area contributed by atoms with Crippen LogP contribution < -0.4 is 15.4 Å². The van der Waals surface area contributed by atoms with E-state index in [2.05, 4.69) is 15.7 Å². The zero-order valence-corrected chi connectivity index (χ0v) is 24.9.